The Morgan fingerprint density at radius 3 is 1.34 bits per heavy atom. The minimum atomic E-state index is -0.809. The van der Waals surface area contributed by atoms with Crippen LogP contribution in [0.25, 0.3) is 33.0 Å². The molecule has 0 fully saturated rings. The SMILES string of the molecule is C=CC(C)(C)n1cc(C2=C(O)C(=O)C(c3cn(C(C)(C)C=C)c4ccccc34)=C(O)C2=O)c2ccccc21. The van der Waals surface area contributed by atoms with E-state index < -0.39 is 34.2 Å². The van der Waals surface area contributed by atoms with E-state index in [2.05, 4.69) is 13.2 Å². The number of carbonyl (C=O) groups is 2. The van der Waals surface area contributed by atoms with Crippen LogP contribution in [0.2, 0.25) is 0 Å². The molecule has 0 radical (unpaired) electrons. The van der Waals surface area contributed by atoms with E-state index in [4.69, 9.17) is 0 Å². The molecule has 1 aliphatic rings. The summed E-state index contributed by atoms with van der Waals surface area (Å²) >= 11 is 0. The molecule has 0 saturated carbocycles. The number of carbonyl (C=O) groups excluding carboxylic acids is 2. The van der Waals surface area contributed by atoms with Crippen molar-refractivity contribution in [2.75, 3.05) is 0 Å². The maximum absolute atomic E-state index is 13.7. The smallest absolute Gasteiger partial charge is 0.232 e. The number of hydrogen-bond acceptors (Lipinski definition) is 4. The van der Waals surface area contributed by atoms with Crippen LogP contribution in [0.1, 0.15) is 38.8 Å². The summed E-state index contributed by atoms with van der Waals surface area (Å²) in [5, 5.41) is 23.8. The monoisotopic (exact) mass is 506 g/mol. The van der Waals surface area contributed by atoms with Crippen LogP contribution in [0, 0.1) is 0 Å². The highest BCUT2D eigenvalue weighted by Crippen LogP contribution is 2.41. The quantitative estimate of drug-likeness (QED) is 0.222. The number of rotatable bonds is 6. The number of fused-ring (bicyclic) bond motifs is 2. The van der Waals surface area contributed by atoms with Gasteiger partial charge in [-0.3, -0.25) is 9.59 Å². The van der Waals surface area contributed by atoms with Crippen molar-refractivity contribution in [1.29, 1.82) is 0 Å². The number of Topliss-reactive ketones (excluding diaryl/α,β-unsaturated/α-hetero) is 2. The van der Waals surface area contributed by atoms with Crippen molar-refractivity contribution in [3.63, 3.8) is 0 Å². The van der Waals surface area contributed by atoms with Gasteiger partial charge in [0.2, 0.25) is 11.6 Å². The Morgan fingerprint density at radius 1 is 0.658 bits per heavy atom. The van der Waals surface area contributed by atoms with E-state index in [1.165, 1.54) is 0 Å². The number of nitrogens with zero attached hydrogens (tertiary/aromatic N) is 2. The summed E-state index contributed by atoms with van der Waals surface area (Å²) in [5.41, 5.74) is 0.868. The Bertz CT molecular complexity index is 1620. The second kappa shape index (κ2) is 8.48. The first-order valence-electron chi connectivity index (χ1n) is 12.4. The van der Waals surface area contributed by atoms with Gasteiger partial charge in [-0.1, -0.05) is 48.6 Å². The van der Waals surface area contributed by atoms with E-state index in [1.54, 1.807) is 24.5 Å². The highest BCUT2D eigenvalue weighted by molar-refractivity contribution is 6.48. The second-order valence-electron chi connectivity index (χ2n) is 10.7. The molecule has 0 atom stereocenters. The normalized spacial score (nSPS) is 15.2. The van der Waals surface area contributed by atoms with Gasteiger partial charge in [0.25, 0.3) is 0 Å². The Kier molecular flexibility index (Phi) is 5.60. The number of benzene rings is 2. The standard InChI is InChI=1S/C32H30N2O4/c1-7-31(3,4)33-17-21(19-13-9-11-15-23(19)33)25-27(35)29(37)26(30(38)28(25)36)22-18-34(32(5,6)8-2)24-16-12-10-14-20(22)24/h7-18,35,38H,1-2H2,3-6H3. The number of para-hydroxylation sites is 2. The fraction of sp³-hybridized carbons (Fsp3) is 0.188. The van der Waals surface area contributed by atoms with Crippen LogP contribution in [0.4, 0.5) is 0 Å². The van der Waals surface area contributed by atoms with Crippen LogP contribution in [-0.4, -0.2) is 30.9 Å². The average molecular weight is 507 g/mol. The lowest BCUT2D eigenvalue weighted by atomic mass is 9.86. The molecule has 0 aliphatic heterocycles. The number of aromatic nitrogens is 2. The maximum atomic E-state index is 13.7. The van der Waals surface area contributed by atoms with E-state index in [0.29, 0.717) is 21.9 Å². The number of allylic oxidation sites excluding steroid dienone is 4. The molecule has 5 rings (SSSR count). The maximum Gasteiger partial charge on any atom is 0.232 e. The molecule has 0 bridgehead atoms. The highest BCUT2D eigenvalue weighted by atomic mass is 16.3. The van der Waals surface area contributed by atoms with E-state index in [1.807, 2.05) is 85.4 Å². The van der Waals surface area contributed by atoms with Gasteiger partial charge in [0.05, 0.1) is 22.2 Å². The molecule has 0 amide bonds. The molecular formula is C32H30N2O4. The van der Waals surface area contributed by atoms with Gasteiger partial charge in [0, 0.05) is 45.3 Å². The molecule has 2 aromatic heterocycles. The summed E-state index contributed by atoms with van der Waals surface area (Å²) in [4.78, 5) is 27.4. The summed E-state index contributed by atoms with van der Waals surface area (Å²) in [6.07, 6.45) is 7.00. The van der Waals surface area contributed by atoms with Gasteiger partial charge < -0.3 is 19.3 Å². The average Bonchev–Trinajstić information content (AvgIpc) is 3.49. The van der Waals surface area contributed by atoms with E-state index in [0.717, 1.165) is 11.0 Å². The molecule has 38 heavy (non-hydrogen) atoms. The van der Waals surface area contributed by atoms with Crippen LogP contribution in [0.5, 0.6) is 0 Å². The molecule has 6 heteroatoms. The van der Waals surface area contributed by atoms with Crippen LogP contribution in [0.15, 0.2) is 97.8 Å². The van der Waals surface area contributed by atoms with Crippen LogP contribution < -0.4 is 0 Å². The Balaban J connectivity index is 1.74. The third kappa shape index (κ3) is 3.48. The minimum Gasteiger partial charge on any atom is -0.504 e. The summed E-state index contributed by atoms with van der Waals surface area (Å²) in [7, 11) is 0. The summed E-state index contributed by atoms with van der Waals surface area (Å²) in [5.74, 6) is -3.00. The van der Waals surface area contributed by atoms with Gasteiger partial charge in [-0.2, -0.15) is 0 Å². The Morgan fingerprint density at radius 2 is 1.00 bits per heavy atom. The number of ketones is 2. The molecule has 6 nitrogen and oxygen atoms in total. The largest absolute Gasteiger partial charge is 0.504 e. The van der Waals surface area contributed by atoms with Crippen molar-refractivity contribution in [1.82, 2.24) is 9.13 Å². The fourth-order valence-corrected chi connectivity index (χ4v) is 5.09. The summed E-state index contributed by atoms with van der Waals surface area (Å²) < 4.78 is 3.87. The molecule has 4 aromatic rings. The van der Waals surface area contributed by atoms with E-state index in [-0.39, 0.29) is 11.1 Å². The topological polar surface area (TPSA) is 84.5 Å². The summed E-state index contributed by atoms with van der Waals surface area (Å²) in [6, 6.07) is 14.8. The van der Waals surface area contributed by atoms with E-state index >= 15 is 0 Å². The molecular weight excluding hydrogens is 476 g/mol. The van der Waals surface area contributed by atoms with E-state index in [9.17, 15) is 19.8 Å². The predicted molar refractivity (Wildman–Crippen MR) is 152 cm³/mol. The summed E-state index contributed by atoms with van der Waals surface area (Å²) in [6.45, 7) is 15.7. The number of aliphatic hydroxyl groups is 2. The molecule has 2 aromatic carbocycles. The van der Waals surface area contributed by atoms with Gasteiger partial charge in [-0.25, -0.2) is 0 Å². The van der Waals surface area contributed by atoms with Gasteiger partial charge in [-0.05, 0) is 39.8 Å². The van der Waals surface area contributed by atoms with Crippen molar-refractivity contribution in [2.45, 2.75) is 38.8 Å². The zero-order valence-corrected chi connectivity index (χ0v) is 21.9. The predicted octanol–water partition coefficient (Wildman–Crippen LogP) is 6.83. The van der Waals surface area contributed by atoms with Crippen LogP contribution in [-0.2, 0) is 20.7 Å². The Hall–Kier alpha value is -4.58. The zero-order chi connectivity index (χ0) is 27.6. The first-order valence-corrected chi connectivity index (χ1v) is 12.4. The lowest BCUT2D eigenvalue weighted by molar-refractivity contribution is -0.116. The molecule has 0 unspecified atom stereocenters. The van der Waals surface area contributed by atoms with Gasteiger partial charge in [0.15, 0.2) is 11.5 Å². The fourth-order valence-electron chi connectivity index (χ4n) is 5.09. The van der Waals surface area contributed by atoms with Crippen molar-refractivity contribution in [2.24, 2.45) is 0 Å². The van der Waals surface area contributed by atoms with Crippen molar-refractivity contribution >= 4 is 44.5 Å². The third-order valence-corrected chi connectivity index (χ3v) is 7.56. The van der Waals surface area contributed by atoms with Crippen molar-refractivity contribution < 1.29 is 19.8 Å². The van der Waals surface area contributed by atoms with Crippen LogP contribution in [0.3, 0.4) is 0 Å². The molecule has 2 N–H and O–H groups in total. The lowest BCUT2D eigenvalue weighted by Crippen LogP contribution is -2.24. The van der Waals surface area contributed by atoms with Gasteiger partial charge >= 0.3 is 0 Å². The molecule has 0 saturated heterocycles. The Labute approximate surface area is 221 Å². The molecule has 192 valence electrons. The van der Waals surface area contributed by atoms with Crippen molar-refractivity contribution in [3.05, 3.63) is 109 Å². The number of aliphatic hydroxyl groups excluding tert-OH is 2. The van der Waals surface area contributed by atoms with Gasteiger partial charge in [-0.15, -0.1) is 13.2 Å². The lowest BCUT2D eigenvalue weighted by Gasteiger charge is -2.24. The highest BCUT2D eigenvalue weighted by Gasteiger charge is 2.39. The van der Waals surface area contributed by atoms with Crippen molar-refractivity contribution in [3.8, 4) is 0 Å². The molecule has 2 heterocycles. The third-order valence-electron chi connectivity index (χ3n) is 7.56. The minimum absolute atomic E-state index is 0.221. The second-order valence-corrected chi connectivity index (χ2v) is 10.7. The zero-order valence-electron chi connectivity index (χ0n) is 21.9. The first kappa shape index (κ1) is 25.1. The van der Waals surface area contributed by atoms with Gasteiger partial charge in [0.1, 0.15) is 0 Å². The molecule has 1 aliphatic carbocycles. The molecule has 0 spiro atoms. The number of hydrogen-bond donors (Lipinski definition) is 2. The first-order chi connectivity index (χ1) is 17.9. The van der Waals surface area contributed by atoms with Crippen LogP contribution >= 0.6 is 0 Å².